The minimum atomic E-state index is -0.985. The lowest BCUT2D eigenvalue weighted by molar-refractivity contribution is -0.146. The third-order valence-electron chi connectivity index (χ3n) is 9.05. The van der Waals surface area contributed by atoms with Gasteiger partial charge in [0.15, 0.2) is 5.60 Å². The Morgan fingerprint density at radius 2 is 1.89 bits per heavy atom. The van der Waals surface area contributed by atoms with Gasteiger partial charge in [-0.25, -0.2) is 0 Å². The average Bonchev–Trinajstić information content (AvgIpc) is 3.93. The summed E-state index contributed by atoms with van der Waals surface area (Å²) < 4.78 is 12.4. The first-order valence-corrected chi connectivity index (χ1v) is 16.8. The molecule has 1 aliphatic carbocycles. The number of amides is 2. The molecular weight excluding hydrogens is 580 g/mol. The highest BCUT2D eigenvalue weighted by Gasteiger charge is 2.38. The van der Waals surface area contributed by atoms with E-state index in [4.69, 9.17) is 20.6 Å². The Kier molecular flexibility index (Phi) is 10.9. The van der Waals surface area contributed by atoms with Gasteiger partial charge in [-0.15, -0.1) is 0 Å². The third-order valence-corrected chi connectivity index (χ3v) is 9.05. The highest BCUT2D eigenvalue weighted by Crippen LogP contribution is 2.35. The molecule has 2 aliphatic heterocycles. The number of allylic oxidation sites excluding steroid dienone is 1. The van der Waals surface area contributed by atoms with Gasteiger partial charge in [0.1, 0.15) is 11.5 Å². The van der Waals surface area contributed by atoms with Crippen LogP contribution < -0.4 is 25.4 Å². The number of nitrogens with one attached hydrogen (secondary N) is 2. The number of benzene rings is 2. The summed E-state index contributed by atoms with van der Waals surface area (Å²) in [5.41, 5.74) is 8.17. The predicted molar refractivity (Wildman–Crippen MR) is 182 cm³/mol. The van der Waals surface area contributed by atoms with Crippen LogP contribution in [0, 0.1) is 11.3 Å². The average molecular weight is 631 g/mol. The van der Waals surface area contributed by atoms with Crippen LogP contribution in [-0.2, 0) is 16.1 Å². The van der Waals surface area contributed by atoms with Crippen LogP contribution in [0.5, 0.6) is 11.5 Å². The van der Waals surface area contributed by atoms with E-state index in [1.54, 1.807) is 0 Å². The molecule has 46 heavy (non-hydrogen) atoms. The second-order valence-electron chi connectivity index (χ2n) is 13.1. The highest BCUT2D eigenvalue weighted by molar-refractivity contribution is 6.08. The van der Waals surface area contributed by atoms with Crippen LogP contribution in [0.25, 0.3) is 5.57 Å². The van der Waals surface area contributed by atoms with Gasteiger partial charge in [-0.05, 0) is 69.7 Å². The van der Waals surface area contributed by atoms with Gasteiger partial charge in [-0.3, -0.25) is 9.59 Å². The van der Waals surface area contributed by atoms with Crippen molar-refractivity contribution in [3.05, 3.63) is 59.8 Å². The Bertz CT molecular complexity index is 1410. The Hall–Kier alpha value is -4.05. The van der Waals surface area contributed by atoms with Crippen LogP contribution in [0.4, 0.5) is 5.69 Å². The summed E-state index contributed by atoms with van der Waals surface area (Å²) in [4.78, 5) is 33.6. The van der Waals surface area contributed by atoms with Crippen LogP contribution in [0.2, 0.25) is 0 Å². The largest absolute Gasteiger partial charge is 0.493 e. The van der Waals surface area contributed by atoms with E-state index in [1.807, 2.05) is 55.1 Å². The van der Waals surface area contributed by atoms with E-state index in [-0.39, 0.29) is 23.8 Å². The smallest absolute Gasteiger partial charge is 0.266 e. The van der Waals surface area contributed by atoms with E-state index in [1.165, 1.54) is 12.4 Å². The van der Waals surface area contributed by atoms with E-state index in [2.05, 4.69) is 28.1 Å². The molecule has 2 heterocycles. The van der Waals surface area contributed by atoms with Crippen LogP contribution in [0.15, 0.2) is 48.7 Å². The van der Waals surface area contributed by atoms with Gasteiger partial charge in [0.25, 0.3) is 5.91 Å². The van der Waals surface area contributed by atoms with E-state index < -0.39 is 5.60 Å². The van der Waals surface area contributed by atoms with Gasteiger partial charge in [-0.1, -0.05) is 25.1 Å². The summed E-state index contributed by atoms with van der Waals surface area (Å²) >= 11 is 0. The van der Waals surface area contributed by atoms with Crippen molar-refractivity contribution in [2.24, 2.45) is 11.7 Å². The molecule has 248 valence electrons. The Morgan fingerprint density at radius 3 is 2.59 bits per heavy atom. The first kappa shape index (κ1) is 33.3. The zero-order valence-corrected chi connectivity index (χ0v) is 27.6. The zero-order valence-electron chi connectivity index (χ0n) is 27.6. The Labute approximate surface area is 273 Å². The van der Waals surface area contributed by atoms with Crippen molar-refractivity contribution in [1.82, 2.24) is 15.1 Å². The minimum Gasteiger partial charge on any atom is -0.493 e. The lowest BCUT2D eigenvalue weighted by Crippen LogP contribution is -2.54. The number of nitrogens with zero attached hydrogens (tertiary/aromatic N) is 3. The molecule has 0 unspecified atom stereocenters. The zero-order chi connectivity index (χ0) is 32.7. The number of hydrogen-bond donors (Lipinski definition) is 3. The maximum absolute atomic E-state index is 14.2. The molecule has 3 aliphatic rings. The second-order valence-corrected chi connectivity index (χ2v) is 13.1. The summed E-state index contributed by atoms with van der Waals surface area (Å²) in [5.74, 6) is 1.45. The van der Waals surface area contributed by atoms with E-state index in [9.17, 15) is 9.59 Å². The molecule has 5 rings (SSSR count). The third kappa shape index (κ3) is 8.02. The maximum Gasteiger partial charge on any atom is 0.266 e. The van der Waals surface area contributed by atoms with Gasteiger partial charge >= 0.3 is 0 Å². The number of ether oxygens (including phenoxy) is 2. The monoisotopic (exact) mass is 630 g/mol. The highest BCUT2D eigenvalue weighted by atomic mass is 16.5. The maximum atomic E-state index is 14.2. The molecular formula is C36H50N6O4. The van der Waals surface area contributed by atoms with Crippen molar-refractivity contribution in [2.75, 3.05) is 50.8 Å². The van der Waals surface area contributed by atoms with Crippen molar-refractivity contribution < 1.29 is 19.1 Å². The second kappa shape index (κ2) is 15.0. The standard InChI is InChI=1S/C36H50N6O4/c1-4-19-45-33-20-26(29(22-37)23-38)10-11-27(33)25-42(30-12-13-30)34(43)28-7-6-16-41(24-28)31-8-5-9-32(21-31)46-36(2,3)35(44)40-17-14-39-15-18-40/h5,8-11,20-23,28,30,37,39H,4,6-7,12-19,24-25,38H2,1-3H3/b29-23+,37-22?/t28-/m1/s1. The molecule has 2 saturated heterocycles. The topological polar surface area (TPSA) is 124 Å². The molecule has 0 radical (unpaired) electrons. The van der Waals surface area contributed by atoms with Gasteiger partial charge in [0.2, 0.25) is 5.91 Å². The van der Waals surface area contributed by atoms with Crippen LogP contribution in [-0.4, -0.2) is 85.3 Å². The van der Waals surface area contributed by atoms with Crippen LogP contribution in [0.1, 0.15) is 64.0 Å². The quantitative estimate of drug-likeness (QED) is 0.280. The fourth-order valence-electron chi connectivity index (χ4n) is 6.37. The molecule has 2 aromatic rings. The number of piperazine rings is 1. The number of rotatable bonds is 13. The number of anilines is 1. The van der Waals surface area contributed by atoms with Crippen LogP contribution >= 0.6 is 0 Å². The van der Waals surface area contributed by atoms with Crippen LogP contribution in [0.3, 0.4) is 0 Å². The minimum absolute atomic E-state index is 0.00731. The van der Waals surface area contributed by atoms with Crippen molar-refractivity contribution in [3.8, 4) is 11.5 Å². The molecule has 2 amide bonds. The summed E-state index contributed by atoms with van der Waals surface area (Å²) in [6.45, 7) is 11.2. The van der Waals surface area contributed by atoms with E-state index >= 15 is 0 Å². The lowest BCUT2D eigenvalue weighted by atomic mass is 9.95. The summed E-state index contributed by atoms with van der Waals surface area (Å²) in [6, 6.07) is 14.0. The lowest BCUT2D eigenvalue weighted by Gasteiger charge is -2.37. The van der Waals surface area contributed by atoms with Crippen molar-refractivity contribution in [2.45, 2.75) is 71.1 Å². The molecule has 0 spiro atoms. The van der Waals surface area contributed by atoms with Crippen molar-refractivity contribution in [1.29, 1.82) is 5.41 Å². The number of carbonyl (C=O) groups is 2. The summed E-state index contributed by atoms with van der Waals surface area (Å²) in [7, 11) is 0. The van der Waals surface area contributed by atoms with Gasteiger partial charge < -0.3 is 40.6 Å². The summed E-state index contributed by atoms with van der Waals surface area (Å²) in [5, 5.41) is 11.0. The molecule has 2 aromatic carbocycles. The van der Waals surface area contributed by atoms with Crippen molar-refractivity contribution in [3.63, 3.8) is 0 Å². The first-order valence-electron chi connectivity index (χ1n) is 16.8. The molecule has 0 aromatic heterocycles. The van der Waals surface area contributed by atoms with E-state index in [0.717, 1.165) is 74.3 Å². The SMILES string of the molecule is CCCOc1cc(/C(C=N)=C/N)ccc1CN(C(=O)[C@@H]1CCCN(c2cccc(OC(C)(C)C(=O)N3CCNCC3)c2)C1)C1CC1. The number of nitrogens with two attached hydrogens (primary N) is 1. The van der Waals surface area contributed by atoms with Crippen molar-refractivity contribution >= 4 is 29.3 Å². The van der Waals surface area contributed by atoms with Gasteiger partial charge in [0, 0.05) is 87.2 Å². The molecule has 4 N–H and O–H groups in total. The molecule has 0 bridgehead atoms. The predicted octanol–water partition coefficient (Wildman–Crippen LogP) is 4.42. The Morgan fingerprint density at radius 1 is 1.11 bits per heavy atom. The molecule has 1 saturated carbocycles. The molecule has 3 fully saturated rings. The first-order chi connectivity index (χ1) is 22.2. The number of hydrogen-bond acceptors (Lipinski definition) is 8. The molecule has 1 atom stereocenters. The van der Waals surface area contributed by atoms with Gasteiger partial charge in [0.05, 0.1) is 12.5 Å². The van der Waals surface area contributed by atoms with E-state index in [0.29, 0.717) is 44.1 Å². The fraction of sp³-hybridized carbons (Fsp3) is 0.528. The number of piperidine rings is 1. The summed E-state index contributed by atoms with van der Waals surface area (Å²) in [6.07, 6.45) is 7.34. The van der Waals surface area contributed by atoms with Gasteiger partial charge in [-0.2, -0.15) is 0 Å². The Balaban J connectivity index is 1.28. The number of carbonyl (C=O) groups excluding carboxylic acids is 2. The fourth-order valence-corrected chi connectivity index (χ4v) is 6.37. The molecule has 10 heteroatoms. The normalized spacial score (nSPS) is 19.0. The molecule has 10 nitrogen and oxygen atoms in total.